The molecule has 0 radical (unpaired) electrons. The summed E-state index contributed by atoms with van der Waals surface area (Å²) in [5, 5.41) is 17.6. The van der Waals surface area contributed by atoms with Gasteiger partial charge in [0, 0.05) is 18.6 Å². The Hall–Kier alpha value is -2.54. The molecule has 120 valence electrons. The minimum absolute atomic E-state index is 0. The maximum atomic E-state index is 8.81. The first-order valence-corrected chi connectivity index (χ1v) is 6.49. The van der Waals surface area contributed by atoms with Crippen LogP contribution in [0.1, 0.15) is 6.42 Å². The van der Waals surface area contributed by atoms with E-state index in [0.29, 0.717) is 42.5 Å². The molecule has 0 atom stereocenters. The minimum atomic E-state index is 0. The van der Waals surface area contributed by atoms with Crippen LogP contribution in [0.3, 0.4) is 0 Å². The van der Waals surface area contributed by atoms with Gasteiger partial charge in [0.2, 0.25) is 22.3 Å². The Bertz CT molecular complexity index is 639. The highest BCUT2D eigenvalue weighted by atomic mass is 35.5. The Balaban J connectivity index is 0.00000242. The van der Waals surface area contributed by atoms with Gasteiger partial charge in [0.1, 0.15) is 0 Å². The van der Waals surface area contributed by atoms with E-state index in [1.807, 2.05) is 0 Å². The van der Waals surface area contributed by atoms with Crippen molar-refractivity contribution in [1.29, 1.82) is 10.8 Å². The van der Waals surface area contributed by atoms with Gasteiger partial charge in [-0.1, -0.05) is 24.3 Å². The third kappa shape index (κ3) is 5.99. The third-order valence-corrected chi connectivity index (χ3v) is 2.75. The lowest BCUT2D eigenvalue weighted by atomic mass is 10.3. The Kier molecular flexibility index (Phi) is 9.86. The van der Waals surface area contributed by atoms with Crippen LogP contribution in [-0.2, 0) is 0 Å². The normalized spacial score (nSPS) is 8.61. The van der Waals surface area contributed by atoms with E-state index in [0.717, 1.165) is 0 Å². The molecule has 0 N–H and O–H groups in total. The number of benzene rings is 2. The van der Waals surface area contributed by atoms with Crippen molar-refractivity contribution in [3.8, 4) is 11.5 Å². The fourth-order valence-corrected chi connectivity index (χ4v) is 1.75. The summed E-state index contributed by atoms with van der Waals surface area (Å²) in [5.41, 5.74) is 0.783. The van der Waals surface area contributed by atoms with Gasteiger partial charge in [-0.25, -0.2) is 0 Å². The highest BCUT2D eigenvalue weighted by Gasteiger charge is 2.14. The molecular formula is C15H14Cl2N4O2. The summed E-state index contributed by atoms with van der Waals surface area (Å²) in [6.07, 6.45) is 0.638. The van der Waals surface area contributed by atoms with E-state index in [9.17, 15) is 0 Å². The van der Waals surface area contributed by atoms with Crippen molar-refractivity contribution in [2.24, 2.45) is 0 Å². The molecule has 2 rings (SSSR count). The summed E-state index contributed by atoms with van der Waals surface area (Å²) in [6, 6.07) is 13.9. The molecule has 0 fully saturated rings. The molecule has 8 heteroatoms. The largest absolute Gasteiger partial charge is 1.00 e. The van der Waals surface area contributed by atoms with Crippen LogP contribution in [0.25, 0.3) is 9.95 Å². The molecule has 2 aromatic carbocycles. The van der Waals surface area contributed by atoms with Crippen molar-refractivity contribution in [2.75, 3.05) is 13.2 Å². The van der Waals surface area contributed by atoms with Crippen LogP contribution in [0.15, 0.2) is 48.5 Å². The standard InChI is InChI=1S/C15H14N4O2.2ClH/c16-18-12-6-1-3-8-14(12)20-10-5-11-21-15-9-4-2-7-13(15)19-17;;/h1-4,6-9H,5,10-11H2;2*1H/q+2;;/p-2. The van der Waals surface area contributed by atoms with E-state index in [4.69, 9.17) is 20.3 Å². The molecule has 0 aliphatic rings. The SMILES string of the molecule is N#[N+]c1ccccc1OCCCOc1ccccc1[N+]#N.[Cl-].[Cl-]. The first kappa shape index (κ1) is 20.5. The monoisotopic (exact) mass is 352 g/mol. The lowest BCUT2D eigenvalue weighted by Gasteiger charge is -2.05. The zero-order valence-corrected chi connectivity index (χ0v) is 13.6. The van der Waals surface area contributed by atoms with Crippen LogP contribution >= 0.6 is 0 Å². The number of diazo groups is 2. The average molecular weight is 353 g/mol. The zero-order valence-electron chi connectivity index (χ0n) is 12.1. The molecule has 23 heavy (non-hydrogen) atoms. The summed E-state index contributed by atoms with van der Waals surface area (Å²) in [5.74, 6) is 1.04. The Morgan fingerprint density at radius 1 is 0.696 bits per heavy atom. The number of para-hydroxylation sites is 2. The van der Waals surface area contributed by atoms with Gasteiger partial charge in [0.25, 0.3) is 0 Å². The number of nitrogens with zero attached hydrogens (tertiary/aromatic N) is 4. The van der Waals surface area contributed by atoms with Crippen molar-refractivity contribution in [2.45, 2.75) is 6.42 Å². The summed E-state index contributed by atoms with van der Waals surface area (Å²) in [6.45, 7) is 0.843. The zero-order chi connectivity index (χ0) is 14.9. The van der Waals surface area contributed by atoms with E-state index in [2.05, 4.69) is 9.95 Å². The van der Waals surface area contributed by atoms with Crippen LogP contribution in [0.2, 0.25) is 0 Å². The Morgan fingerprint density at radius 3 is 1.48 bits per heavy atom. The van der Waals surface area contributed by atoms with E-state index >= 15 is 0 Å². The van der Waals surface area contributed by atoms with Gasteiger partial charge in [-0.05, 0) is 12.1 Å². The summed E-state index contributed by atoms with van der Waals surface area (Å²) in [7, 11) is 0. The first-order chi connectivity index (χ1) is 10.3. The second kappa shape index (κ2) is 11.1. The topological polar surface area (TPSA) is 74.8 Å². The molecule has 0 saturated heterocycles. The van der Waals surface area contributed by atoms with Crippen LogP contribution in [0, 0.1) is 10.8 Å². The molecule has 2 aromatic rings. The number of hydrogen-bond donors (Lipinski definition) is 0. The first-order valence-electron chi connectivity index (χ1n) is 6.49. The second-order valence-electron chi connectivity index (χ2n) is 4.19. The van der Waals surface area contributed by atoms with Crippen LogP contribution in [0.4, 0.5) is 11.4 Å². The van der Waals surface area contributed by atoms with Crippen LogP contribution in [-0.4, -0.2) is 13.2 Å². The molecule has 6 nitrogen and oxygen atoms in total. The highest BCUT2D eigenvalue weighted by Crippen LogP contribution is 2.27. The highest BCUT2D eigenvalue weighted by molar-refractivity contribution is 5.57. The molecule has 0 aliphatic heterocycles. The molecule has 0 bridgehead atoms. The van der Waals surface area contributed by atoms with Crippen LogP contribution < -0.4 is 34.3 Å². The van der Waals surface area contributed by atoms with Gasteiger partial charge in [-0.2, -0.15) is 0 Å². The summed E-state index contributed by atoms with van der Waals surface area (Å²) < 4.78 is 11.0. The van der Waals surface area contributed by atoms with Crippen molar-refractivity contribution in [1.82, 2.24) is 0 Å². The van der Waals surface area contributed by atoms with Gasteiger partial charge in [-0.15, -0.1) is 0 Å². The molecular weight excluding hydrogens is 339 g/mol. The number of hydrogen-bond acceptors (Lipinski definition) is 4. The maximum absolute atomic E-state index is 8.81. The van der Waals surface area contributed by atoms with Crippen molar-refractivity contribution < 1.29 is 34.3 Å². The number of rotatable bonds is 6. The summed E-state index contributed by atoms with van der Waals surface area (Å²) in [4.78, 5) is 6.29. The summed E-state index contributed by atoms with van der Waals surface area (Å²) >= 11 is 0. The fraction of sp³-hybridized carbons (Fsp3) is 0.200. The van der Waals surface area contributed by atoms with E-state index in [-0.39, 0.29) is 24.8 Å². The number of halogens is 2. The molecule has 0 unspecified atom stereocenters. The maximum Gasteiger partial charge on any atom is 0.426 e. The van der Waals surface area contributed by atoms with Crippen LogP contribution in [0.5, 0.6) is 11.5 Å². The predicted octanol–water partition coefficient (Wildman–Crippen LogP) is -1.49. The van der Waals surface area contributed by atoms with Gasteiger partial charge in [-0.3, -0.25) is 0 Å². The smallest absolute Gasteiger partial charge is 0.426 e. The van der Waals surface area contributed by atoms with Gasteiger partial charge >= 0.3 is 11.4 Å². The van der Waals surface area contributed by atoms with Gasteiger partial charge in [0.05, 0.1) is 13.2 Å². The number of ether oxygens (including phenoxy) is 2. The van der Waals surface area contributed by atoms with E-state index in [1.165, 1.54) is 0 Å². The molecule has 0 aromatic heterocycles. The Morgan fingerprint density at radius 2 is 1.09 bits per heavy atom. The van der Waals surface area contributed by atoms with E-state index in [1.54, 1.807) is 48.5 Å². The van der Waals surface area contributed by atoms with Crippen molar-refractivity contribution >= 4 is 11.4 Å². The molecule has 0 spiro atoms. The molecule has 0 amide bonds. The van der Waals surface area contributed by atoms with E-state index < -0.39 is 0 Å². The van der Waals surface area contributed by atoms with Gasteiger partial charge < -0.3 is 34.3 Å². The lowest BCUT2D eigenvalue weighted by molar-refractivity contribution is -0.00100. The minimum Gasteiger partial charge on any atom is -1.00 e. The molecule has 0 heterocycles. The molecule has 0 saturated carbocycles. The lowest BCUT2D eigenvalue weighted by Crippen LogP contribution is -3.00. The van der Waals surface area contributed by atoms with Crippen molar-refractivity contribution in [3.63, 3.8) is 0 Å². The fourth-order valence-electron chi connectivity index (χ4n) is 1.75. The van der Waals surface area contributed by atoms with Gasteiger partial charge in [0.15, 0.2) is 9.95 Å². The quantitative estimate of drug-likeness (QED) is 0.469. The Labute approximate surface area is 146 Å². The predicted molar refractivity (Wildman–Crippen MR) is 78.0 cm³/mol. The second-order valence-corrected chi connectivity index (χ2v) is 4.19. The molecule has 0 aliphatic carbocycles. The van der Waals surface area contributed by atoms with Crippen molar-refractivity contribution in [3.05, 3.63) is 58.5 Å². The average Bonchev–Trinajstić information content (AvgIpc) is 2.55. The third-order valence-electron chi connectivity index (χ3n) is 2.75.